The third kappa shape index (κ3) is 4.80. The van der Waals surface area contributed by atoms with E-state index in [-0.39, 0.29) is 17.0 Å². The summed E-state index contributed by atoms with van der Waals surface area (Å²) in [6, 6.07) is 41.6. The molecule has 1 amide bonds. The van der Waals surface area contributed by atoms with Crippen LogP contribution in [0.1, 0.15) is 16.8 Å². The molecule has 204 valence electrons. The van der Waals surface area contributed by atoms with E-state index in [4.69, 9.17) is 0 Å². The number of amides is 1. The van der Waals surface area contributed by atoms with Crippen LogP contribution in [0.3, 0.4) is 0 Å². The van der Waals surface area contributed by atoms with Gasteiger partial charge < -0.3 is 5.11 Å². The number of benzene rings is 4. The molecule has 0 bridgehead atoms. The number of rotatable bonds is 6. The molecule has 43 heavy (non-hydrogen) atoms. The number of allylic oxidation sites excluding steroid dienone is 3. The van der Waals surface area contributed by atoms with Gasteiger partial charge in [0.05, 0.1) is 11.4 Å². The Balaban J connectivity index is 1.58. The fraction of sp³-hybridized carbons (Fsp3) is 0. The zero-order valence-corrected chi connectivity index (χ0v) is 22.9. The fourth-order valence-electron chi connectivity index (χ4n) is 5.37. The number of anilines is 1. The number of hydrogen-bond acceptors (Lipinski definition) is 4. The highest BCUT2D eigenvalue weighted by Crippen LogP contribution is 2.41. The predicted molar refractivity (Wildman–Crippen MR) is 168 cm³/mol. The molecular weight excluding hydrogens is 532 g/mol. The van der Waals surface area contributed by atoms with Crippen molar-refractivity contribution in [2.75, 3.05) is 4.90 Å². The average molecular weight is 557 g/mol. The zero-order valence-electron chi connectivity index (χ0n) is 22.9. The van der Waals surface area contributed by atoms with Crippen molar-refractivity contribution in [1.29, 1.82) is 10.5 Å². The Morgan fingerprint density at radius 1 is 0.674 bits per heavy atom. The van der Waals surface area contributed by atoms with E-state index in [1.54, 1.807) is 16.7 Å². The first-order chi connectivity index (χ1) is 21.1. The highest BCUT2D eigenvalue weighted by Gasteiger charge is 2.36. The average Bonchev–Trinajstić information content (AvgIpc) is 3.51. The molecule has 4 aromatic carbocycles. The Bertz CT molecular complexity index is 1990. The van der Waals surface area contributed by atoms with Crippen LogP contribution in [-0.4, -0.2) is 15.6 Å². The molecular formula is C37H24N4O2. The number of nitrogens with zero attached hydrogens (tertiary/aromatic N) is 4. The summed E-state index contributed by atoms with van der Waals surface area (Å²) in [6.45, 7) is 0. The lowest BCUT2D eigenvalue weighted by molar-refractivity contribution is -0.113. The third-order valence-corrected chi connectivity index (χ3v) is 7.23. The molecule has 0 aliphatic carbocycles. The van der Waals surface area contributed by atoms with Crippen LogP contribution in [0, 0.1) is 22.7 Å². The molecule has 0 spiro atoms. The molecule has 0 radical (unpaired) electrons. The summed E-state index contributed by atoms with van der Waals surface area (Å²) in [5, 5.41) is 31.5. The maximum Gasteiger partial charge on any atom is 0.274 e. The molecule has 5 aromatic rings. The molecule has 1 aliphatic rings. The number of aromatic nitrogens is 1. The minimum Gasteiger partial charge on any atom is -0.493 e. The standard InChI is InChI=1S/C37H24N4O2/c38-24-30-34(26-14-5-1-6-15-26)32(40(36(30)42)28-18-9-3-10-19-28)22-13-23-33-35(27-16-7-2-8-17-27)31(25-39)37(43)41(33)29-20-11-4-12-21-29/h1-23,42H/b22-13+,33-23-. The quantitative estimate of drug-likeness (QED) is 0.233. The molecule has 6 heteroatoms. The van der Waals surface area contributed by atoms with E-state index in [9.17, 15) is 20.4 Å². The van der Waals surface area contributed by atoms with Crippen molar-refractivity contribution < 1.29 is 9.90 Å². The van der Waals surface area contributed by atoms with E-state index < -0.39 is 5.91 Å². The van der Waals surface area contributed by atoms with Gasteiger partial charge >= 0.3 is 0 Å². The number of hydrogen-bond donors (Lipinski definition) is 1. The first-order valence-electron chi connectivity index (χ1n) is 13.6. The van der Waals surface area contributed by atoms with Crippen LogP contribution in [0.4, 0.5) is 5.69 Å². The lowest BCUT2D eigenvalue weighted by atomic mass is 9.99. The van der Waals surface area contributed by atoms with E-state index in [1.807, 2.05) is 127 Å². The summed E-state index contributed by atoms with van der Waals surface area (Å²) in [6.07, 6.45) is 5.38. The van der Waals surface area contributed by atoms with Gasteiger partial charge in [-0.05, 0) is 47.5 Å². The van der Waals surface area contributed by atoms with Gasteiger partial charge in [-0.1, -0.05) is 103 Å². The largest absolute Gasteiger partial charge is 0.493 e. The van der Waals surface area contributed by atoms with Gasteiger partial charge in [-0.2, -0.15) is 10.5 Å². The second kappa shape index (κ2) is 11.6. The fourth-order valence-corrected chi connectivity index (χ4v) is 5.37. The minimum atomic E-state index is -0.408. The van der Waals surface area contributed by atoms with E-state index in [0.29, 0.717) is 33.9 Å². The van der Waals surface area contributed by atoms with E-state index in [2.05, 4.69) is 12.1 Å². The second-order valence-electron chi connectivity index (χ2n) is 9.72. The first kappa shape index (κ1) is 26.8. The number of para-hydroxylation sites is 2. The number of aromatic hydroxyl groups is 1. The smallest absolute Gasteiger partial charge is 0.274 e. The van der Waals surface area contributed by atoms with Crippen molar-refractivity contribution in [2.45, 2.75) is 0 Å². The zero-order chi connectivity index (χ0) is 29.8. The monoisotopic (exact) mass is 556 g/mol. The summed E-state index contributed by atoms with van der Waals surface area (Å²) < 4.78 is 1.64. The van der Waals surface area contributed by atoms with Gasteiger partial charge in [0.15, 0.2) is 0 Å². The van der Waals surface area contributed by atoms with Crippen LogP contribution in [0.15, 0.2) is 145 Å². The van der Waals surface area contributed by atoms with E-state index in [0.717, 1.165) is 11.1 Å². The maximum absolute atomic E-state index is 13.6. The molecule has 0 fully saturated rings. The highest BCUT2D eigenvalue weighted by atomic mass is 16.3. The van der Waals surface area contributed by atoms with Crippen molar-refractivity contribution in [3.8, 4) is 34.8 Å². The summed E-state index contributed by atoms with van der Waals surface area (Å²) >= 11 is 0. The summed E-state index contributed by atoms with van der Waals surface area (Å²) in [5.74, 6) is -0.576. The summed E-state index contributed by atoms with van der Waals surface area (Å²) in [7, 11) is 0. The van der Waals surface area contributed by atoms with Crippen molar-refractivity contribution in [3.63, 3.8) is 0 Å². The number of carbonyl (C=O) groups is 1. The van der Waals surface area contributed by atoms with Crippen LogP contribution >= 0.6 is 0 Å². The van der Waals surface area contributed by atoms with E-state index >= 15 is 0 Å². The van der Waals surface area contributed by atoms with Gasteiger partial charge in [-0.15, -0.1) is 0 Å². The predicted octanol–water partition coefficient (Wildman–Crippen LogP) is 7.64. The van der Waals surface area contributed by atoms with Crippen LogP contribution in [0.2, 0.25) is 0 Å². The van der Waals surface area contributed by atoms with Gasteiger partial charge in [-0.3, -0.25) is 14.3 Å². The molecule has 0 atom stereocenters. The minimum absolute atomic E-state index is 0.0525. The van der Waals surface area contributed by atoms with Crippen molar-refractivity contribution in [3.05, 3.63) is 162 Å². The van der Waals surface area contributed by atoms with Gasteiger partial charge in [0.25, 0.3) is 5.91 Å². The maximum atomic E-state index is 13.6. The Morgan fingerprint density at radius 3 is 1.77 bits per heavy atom. The van der Waals surface area contributed by atoms with Crippen LogP contribution in [0.25, 0.3) is 28.5 Å². The molecule has 6 rings (SSSR count). The summed E-state index contributed by atoms with van der Waals surface area (Å²) in [5.41, 5.74) is 5.28. The van der Waals surface area contributed by atoms with Gasteiger partial charge in [0.2, 0.25) is 5.88 Å². The molecule has 1 aliphatic heterocycles. The van der Waals surface area contributed by atoms with Crippen LogP contribution in [-0.2, 0) is 4.79 Å². The van der Waals surface area contributed by atoms with E-state index in [1.165, 1.54) is 4.90 Å². The Kier molecular flexibility index (Phi) is 7.25. The van der Waals surface area contributed by atoms with Gasteiger partial charge in [-0.25, -0.2) is 0 Å². The lowest BCUT2D eigenvalue weighted by Crippen LogP contribution is -2.25. The third-order valence-electron chi connectivity index (χ3n) is 7.23. The Labute approximate surface area is 249 Å². The van der Waals surface area contributed by atoms with Crippen molar-refractivity contribution in [1.82, 2.24) is 4.57 Å². The molecule has 6 nitrogen and oxygen atoms in total. The highest BCUT2D eigenvalue weighted by molar-refractivity contribution is 6.24. The summed E-state index contributed by atoms with van der Waals surface area (Å²) in [4.78, 5) is 15.2. The SMILES string of the molecule is N#CC1=C(c2ccccc2)/C(=C/C=C/c2c(-c3ccccc3)c(C#N)c(O)n2-c2ccccc2)N(c2ccccc2)C1=O. The molecule has 0 saturated heterocycles. The molecule has 1 N–H and O–H groups in total. The first-order valence-corrected chi connectivity index (χ1v) is 13.6. The van der Waals surface area contributed by atoms with Gasteiger partial charge in [0.1, 0.15) is 23.3 Å². The molecule has 0 saturated carbocycles. The Morgan fingerprint density at radius 2 is 1.21 bits per heavy atom. The second-order valence-corrected chi connectivity index (χ2v) is 9.72. The van der Waals surface area contributed by atoms with Crippen LogP contribution in [0.5, 0.6) is 5.88 Å². The number of carbonyl (C=O) groups excluding carboxylic acids is 1. The Hall–Kier alpha value is -6.37. The van der Waals surface area contributed by atoms with Crippen LogP contribution < -0.4 is 4.90 Å². The molecule has 0 unspecified atom stereocenters. The normalized spacial score (nSPS) is 14.0. The molecule has 1 aromatic heterocycles. The lowest BCUT2D eigenvalue weighted by Gasteiger charge is -2.20. The number of nitriles is 2. The van der Waals surface area contributed by atoms with Crippen molar-refractivity contribution in [2.24, 2.45) is 0 Å². The van der Waals surface area contributed by atoms with Crippen molar-refractivity contribution >= 4 is 23.2 Å². The topological polar surface area (TPSA) is 93.1 Å². The molecule has 2 heterocycles. The van der Waals surface area contributed by atoms with Gasteiger partial charge in [0, 0.05) is 22.5 Å².